The number of para-hydroxylation sites is 1. The number of halogens is 1. The summed E-state index contributed by atoms with van der Waals surface area (Å²) in [5.41, 5.74) is 3.83. The molecule has 0 spiro atoms. The van der Waals surface area contributed by atoms with E-state index < -0.39 is 0 Å². The molecule has 7 heteroatoms. The lowest BCUT2D eigenvalue weighted by Gasteiger charge is -2.35. The Morgan fingerprint density at radius 3 is 2.36 bits per heavy atom. The fourth-order valence-corrected chi connectivity index (χ4v) is 4.80. The first kappa shape index (κ1) is 23.5. The smallest absolute Gasteiger partial charge is 0.255 e. The molecule has 0 radical (unpaired) electrons. The summed E-state index contributed by atoms with van der Waals surface area (Å²) in [6.45, 7) is 9.29. The molecule has 4 rings (SSSR count). The Hall–Kier alpha value is -2.64. The number of hydrogen-bond acceptors (Lipinski definition) is 4. The Morgan fingerprint density at radius 2 is 1.70 bits per heavy atom. The van der Waals surface area contributed by atoms with Crippen LogP contribution in [0.3, 0.4) is 0 Å². The molecule has 3 aromatic rings. The summed E-state index contributed by atoms with van der Waals surface area (Å²) in [7, 11) is 2.16. The van der Waals surface area contributed by atoms with Crippen LogP contribution in [-0.2, 0) is 6.54 Å². The van der Waals surface area contributed by atoms with Gasteiger partial charge in [-0.3, -0.25) is 4.79 Å². The maximum Gasteiger partial charge on any atom is 0.255 e. The molecule has 0 bridgehead atoms. The molecule has 0 N–H and O–H groups in total. The van der Waals surface area contributed by atoms with Crippen LogP contribution in [-0.4, -0.2) is 65.3 Å². The Bertz CT molecular complexity index is 1090. The predicted octanol–water partition coefficient (Wildman–Crippen LogP) is 4.75. The summed E-state index contributed by atoms with van der Waals surface area (Å²) in [4.78, 5) is 20.3. The zero-order valence-electron chi connectivity index (χ0n) is 19.7. The Balaban J connectivity index is 1.74. The number of hydrogen-bond donors (Lipinski definition) is 0. The highest BCUT2D eigenvalue weighted by molar-refractivity contribution is 9.10. The number of aromatic nitrogens is 2. The van der Waals surface area contributed by atoms with Crippen LogP contribution in [0.25, 0.3) is 5.69 Å². The van der Waals surface area contributed by atoms with E-state index in [0.717, 1.165) is 59.8 Å². The number of aryl methyl sites for hydroxylation is 1. The highest BCUT2D eigenvalue weighted by Crippen LogP contribution is 2.30. The topological polar surface area (TPSA) is 44.6 Å². The molecular weight excluding hydrogens is 478 g/mol. The van der Waals surface area contributed by atoms with Crippen molar-refractivity contribution in [2.24, 2.45) is 0 Å². The van der Waals surface area contributed by atoms with Gasteiger partial charge in [0.05, 0.1) is 23.5 Å². The van der Waals surface area contributed by atoms with Crippen molar-refractivity contribution in [3.63, 3.8) is 0 Å². The van der Waals surface area contributed by atoms with Gasteiger partial charge in [0.15, 0.2) is 0 Å². The van der Waals surface area contributed by atoms with E-state index in [2.05, 4.69) is 63.4 Å². The third kappa shape index (κ3) is 5.14. The number of amides is 1. The van der Waals surface area contributed by atoms with Crippen LogP contribution in [0.1, 0.15) is 35.0 Å². The lowest BCUT2D eigenvalue weighted by molar-refractivity contribution is 0.0742. The average molecular weight is 510 g/mol. The monoisotopic (exact) mass is 509 g/mol. The summed E-state index contributed by atoms with van der Waals surface area (Å²) in [6.07, 6.45) is 0.895. The molecule has 33 heavy (non-hydrogen) atoms. The van der Waals surface area contributed by atoms with E-state index in [1.54, 1.807) is 0 Å². The number of nitrogens with zero attached hydrogens (tertiary/aromatic N) is 5. The maximum absolute atomic E-state index is 13.5. The van der Waals surface area contributed by atoms with Gasteiger partial charge in [0, 0.05) is 42.8 Å². The number of rotatable bonds is 7. The predicted molar refractivity (Wildman–Crippen MR) is 137 cm³/mol. The van der Waals surface area contributed by atoms with Crippen molar-refractivity contribution in [2.75, 3.05) is 44.7 Å². The number of carbonyl (C=O) groups excluding carboxylic acids is 1. The lowest BCUT2D eigenvalue weighted by atomic mass is 10.1. The van der Waals surface area contributed by atoms with Gasteiger partial charge in [-0.25, -0.2) is 4.68 Å². The maximum atomic E-state index is 13.5. The van der Waals surface area contributed by atoms with E-state index in [0.29, 0.717) is 18.7 Å². The molecular formula is C26H32BrN5O. The molecule has 1 aliphatic heterocycles. The minimum Gasteiger partial charge on any atom is -0.354 e. The quantitative estimate of drug-likeness (QED) is 0.461. The molecule has 1 aliphatic rings. The molecule has 1 aromatic heterocycles. The summed E-state index contributed by atoms with van der Waals surface area (Å²) in [5, 5.41) is 4.95. The van der Waals surface area contributed by atoms with Crippen LogP contribution in [0.4, 0.5) is 5.82 Å². The van der Waals surface area contributed by atoms with Crippen LogP contribution in [0.5, 0.6) is 0 Å². The summed E-state index contributed by atoms with van der Waals surface area (Å²) in [5.74, 6) is 1.15. The lowest BCUT2D eigenvalue weighted by Crippen LogP contribution is -2.45. The van der Waals surface area contributed by atoms with Gasteiger partial charge in [-0.2, -0.15) is 5.10 Å². The van der Waals surface area contributed by atoms with Crippen molar-refractivity contribution >= 4 is 27.7 Å². The normalized spacial score (nSPS) is 14.5. The van der Waals surface area contributed by atoms with E-state index in [1.165, 1.54) is 0 Å². The fraction of sp³-hybridized carbons (Fsp3) is 0.385. The van der Waals surface area contributed by atoms with Crippen LogP contribution < -0.4 is 4.90 Å². The minimum absolute atomic E-state index is 0.0421. The second kappa shape index (κ2) is 10.5. The van der Waals surface area contributed by atoms with E-state index in [4.69, 9.17) is 5.10 Å². The molecule has 174 valence electrons. The summed E-state index contributed by atoms with van der Waals surface area (Å²) in [6, 6.07) is 17.9. The zero-order chi connectivity index (χ0) is 23.4. The van der Waals surface area contributed by atoms with Crippen molar-refractivity contribution in [3.8, 4) is 5.69 Å². The third-order valence-corrected chi connectivity index (χ3v) is 6.89. The van der Waals surface area contributed by atoms with E-state index in [-0.39, 0.29) is 5.91 Å². The molecule has 0 unspecified atom stereocenters. The second-order valence-electron chi connectivity index (χ2n) is 8.63. The molecule has 2 heterocycles. The van der Waals surface area contributed by atoms with Crippen LogP contribution in [0.2, 0.25) is 0 Å². The standard InChI is InChI=1S/C26H32BrN5O/c1-4-14-31(26(33)22-12-8-9-13-24(22)27)19-23-20(2)28-32(21-10-6-5-7-11-21)25(23)30-17-15-29(3)16-18-30/h5-13H,4,14-19H2,1-3H3. The minimum atomic E-state index is 0.0421. The van der Waals surface area contributed by atoms with Crippen molar-refractivity contribution in [2.45, 2.75) is 26.8 Å². The van der Waals surface area contributed by atoms with Crippen LogP contribution in [0, 0.1) is 6.92 Å². The molecule has 2 aromatic carbocycles. The van der Waals surface area contributed by atoms with Gasteiger partial charge in [0.1, 0.15) is 5.82 Å². The molecule has 1 fully saturated rings. The first-order chi connectivity index (χ1) is 16.0. The largest absolute Gasteiger partial charge is 0.354 e. The van der Waals surface area contributed by atoms with Crippen molar-refractivity contribution < 1.29 is 4.79 Å². The second-order valence-corrected chi connectivity index (χ2v) is 9.49. The van der Waals surface area contributed by atoms with Crippen molar-refractivity contribution in [1.82, 2.24) is 19.6 Å². The van der Waals surface area contributed by atoms with Crippen molar-refractivity contribution in [3.05, 3.63) is 75.9 Å². The van der Waals surface area contributed by atoms with Gasteiger partial charge in [0.2, 0.25) is 0 Å². The molecule has 1 amide bonds. The fourth-order valence-electron chi connectivity index (χ4n) is 4.34. The van der Waals surface area contributed by atoms with Crippen molar-refractivity contribution in [1.29, 1.82) is 0 Å². The highest BCUT2D eigenvalue weighted by atomic mass is 79.9. The summed E-state index contributed by atoms with van der Waals surface area (Å²) < 4.78 is 2.88. The molecule has 6 nitrogen and oxygen atoms in total. The number of anilines is 1. The number of likely N-dealkylation sites (N-methyl/N-ethyl adjacent to an activating group) is 1. The van der Waals surface area contributed by atoms with Crippen LogP contribution >= 0.6 is 15.9 Å². The van der Waals surface area contributed by atoms with Gasteiger partial charge < -0.3 is 14.7 Å². The molecule has 0 aliphatic carbocycles. The summed E-state index contributed by atoms with van der Waals surface area (Å²) >= 11 is 3.56. The first-order valence-electron chi connectivity index (χ1n) is 11.6. The first-order valence-corrected chi connectivity index (χ1v) is 12.4. The number of piperazine rings is 1. The Kier molecular flexibility index (Phi) is 7.50. The highest BCUT2D eigenvalue weighted by Gasteiger charge is 2.27. The number of carbonyl (C=O) groups is 1. The van der Waals surface area contributed by atoms with Gasteiger partial charge >= 0.3 is 0 Å². The van der Waals surface area contributed by atoms with Gasteiger partial charge in [0.25, 0.3) is 5.91 Å². The van der Waals surface area contributed by atoms with E-state index in [9.17, 15) is 4.79 Å². The molecule has 0 saturated carbocycles. The van der Waals surface area contributed by atoms with E-state index >= 15 is 0 Å². The molecule has 1 saturated heterocycles. The Labute approximate surface area is 204 Å². The SMILES string of the molecule is CCCN(Cc1c(C)nn(-c2ccccc2)c1N1CCN(C)CC1)C(=O)c1ccccc1Br. The Morgan fingerprint density at radius 1 is 1.03 bits per heavy atom. The van der Waals surface area contributed by atoms with Gasteiger partial charge in [-0.05, 0) is 60.6 Å². The van der Waals surface area contributed by atoms with Gasteiger partial charge in [-0.15, -0.1) is 0 Å². The molecule has 0 atom stereocenters. The van der Waals surface area contributed by atoms with Gasteiger partial charge in [-0.1, -0.05) is 37.3 Å². The van der Waals surface area contributed by atoms with Crippen LogP contribution in [0.15, 0.2) is 59.1 Å². The zero-order valence-corrected chi connectivity index (χ0v) is 21.3. The van der Waals surface area contributed by atoms with E-state index in [1.807, 2.05) is 47.4 Å². The number of benzene rings is 2. The third-order valence-electron chi connectivity index (χ3n) is 6.19. The average Bonchev–Trinajstić information content (AvgIpc) is 3.15.